The van der Waals surface area contributed by atoms with Crippen LogP contribution in [0.3, 0.4) is 0 Å². The third-order valence-electron chi connectivity index (χ3n) is 4.00. The van der Waals surface area contributed by atoms with Gasteiger partial charge in [0.1, 0.15) is 0 Å². The second-order valence-electron chi connectivity index (χ2n) is 5.45. The van der Waals surface area contributed by atoms with Crippen LogP contribution < -0.4 is 5.73 Å². The van der Waals surface area contributed by atoms with Gasteiger partial charge in [-0.25, -0.2) is 4.98 Å². The minimum atomic E-state index is -0.0138. The van der Waals surface area contributed by atoms with E-state index < -0.39 is 0 Å². The molecule has 1 fully saturated rings. The molecule has 3 atom stereocenters. The van der Waals surface area contributed by atoms with E-state index in [2.05, 4.69) is 21.6 Å². The Kier molecular flexibility index (Phi) is 3.84. The highest BCUT2D eigenvalue weighted by atomic mass is 16.5. The summed E-state index contributed by atoms with van der Waals surface area (Å²) in [7, 11) is 0. The van der Waals surface area contributed by atoms with E-state index in [0.29, 0.717) is 5.92 Å². The zero-order valence-corrected chi connectivity index (χ0v) is 11.7. The van der Waals surface area contributed by atoms with Crippen LogP contribution >= 0.6 is 0 Å². The Hall–Kier alpha value is -1.66. The molecule has 1 aliphatic heterocycles. The Morgan fingerprint density at radius 1 is 1.55 bits per heavy atom. The Bertz CT molecular complexity index is 530. The Morgan fingerprint density at radius 3 is 3.15 bits per heavy atom. The van der Waals surface area contributed by atoms with E-state index in [0.717, 1.165) is 31.9 Å². The van der Waals surface area contributed by atoms with Crippen molar-refractivity contribution in [3.63, 3.8) is 0 Å². The summed E-state index contributed by atoms with van der Waals surface area (Å²) in [5.74, 6) is 0.391. The van der Waals surface area contributed by atoms with Gasteiger partial charge in [-0.1, -0.05) is 0 Å². The maximum absolute atomic E-state index is 6.39. The molecule has 1 saturated heterocycles. The molecule has 2 aromatic rings. The molecule has 1 aliphatic rings. The predicted molar refractivity (Wildman–Crippen MR) is 75.0 cm³/mol. The van der Waals surface area contributed by atoms with Gasteiger partial charge < -0.3 is 15.0 Å². The molecule has 2 N–H and O–H groups in total. The third-order valence-corrected chi connectivity index (χ3v) is 4.00. The highest BCUT2D eigenvalue weighted by Crippen LogP contribution is 2.28. The topological polar surface area (TPSA) is 70.9 Å². The lowest BCUT2D eigenvalue weighted by Gasteiger charge is -2.23. The standard InChI is InChI=1S/C14H21N5O/c1-11(8-18-5-2-4-17-18)19-10-16-7-13(19)14(15)12-3-6-20-9-12/h2,4-5,7,10-12,14H,3,6,8-9,15H2,1H3. The molecule has 20 heavy (non-hydrogen) atoms. The number of aromatic nitrogens is 4. The van der Waals surface area contributed by atoms with Crippen LogP contribution in [0.5, 0.6) is 0 Å². The summed E-state index contributed by atoms with van der Waals surface area (Å²) in [5, 5.41) is 4.25. The lowest BCUT2D eigenvalue weighted by Crippen LogP contribution is -2.26. The normalized spacial score (nSPS) is 22.0. The second kappa shape index (κ2) is 5.76. The number of nitrogens with two attached hydrogens (primary N) is 1. The number of hydrogen-bond donors (Lipinski definition) is 1. The Balaban J connectivity index is 1.75. The summed E-state index contributed by atoms with van der Waals surface area (Å²) in [6.07, 6.45) is 8.53. The molecule has 3 heterocycles. The van der Waals surface area contributed by atoms with Gasteiger partial charge in [-0.05, 0) is 19.4 Å². The van der Waals surface area contributed by atoms with Crippen molar-refractivity contribution in [2.75, 3.05) is 13.2 Å². The lowest BCUT2D eigenvalue weighted by atomic mass is 9.97. The molecule has 2 aromatic heterocycles. The molecule has 3 unspecified atom stereocenters. The van der Waals surface area contributed by atoms with E-state index in [9.17, 15) is 0 Å². The van der Waals surface area contributed by atoms with Gasteiger partial charge in [0.15, 0.2) is 0 Å². The molecule has 0 saturated carbocycles. The average molecular weight is 275 g/mol. The zero-order valence-electron chi connectivity index (χ0n) is 11.7. The van der Waals surface area contributed by atoms with Crippen molar-refractivity contribution >= 4 is 0 Å². The Morgan fingerprint density at radius 2 is 2.45 bits per heavy atom. The van der Waals surface area contributed by atoms with Crippen LogP contribution in [0, 0.1) is 5.92 Å². The van der Waals surface area contributed by atoms with Crippen molar-refractivity contribution in [1.82, 2.24) is 19.3 Å². The summed E-state index contributed by atoms with van der Waals surface area (Å²) < 4.78 is 9.52. The Labute approximate surface area is 118 Å². The zero-order chi connectivity index (χ0) is 13.9. The lowest BCUT2D eigenvalue weighted by molar-refractivity contribution is 0.180. The van der Waals surface area contributed by atoms with Crippen LogP contribution in [-0.4, -0.2) is 32.5 Å². The molecular weight excluding hydrogens is 254 g/mol. The van der Waals surface area contributed by atoms with Crippen LogP contribution in [0.4, 0.5) is 0 Å². The fraction of sp³-hybridized carbons (Fsp3) is 0.571. The minimum absolute atomic E-state index is 0.0138. The molecule has 0 aromatic carbocycles. The molecule has 0 radical (unpaired) electrons. The predicted octanol–water partition coefficient (Wildman–Crippen LogP) is 1.38. The fourth-order valence-electron chi connectivity index (χ4n) is 2.79. The van der Waals surface area contributed by atoms with Gasteiger partial charge in [-0.3, -0.25) is 4.68 Å². The van der Waals surface area contributed by atoms with Crippen LogP contribution in [0.25, 0.3) is 0 Å². The fourth-order valence-corrected chi connectivity index (χ4v) is 2.79. The van der Waals surface area contributed by atoms with Gasteiger partial charge in [0.2, 0.25) is 0 Å². The molecule has 0 aliphatic carbocycles. The first kappa shape index (κ1) is 13.3. The van der Waals surface area contributed by atoms with E-state index in [1.165, 1.54) is 0 Å². The number of ether oxygens (including phenoxy) is 1. The van der Waals surface area contributed by atoms with Crippen LogP contribution in [0.15, 0.2) is 31.0 Å². The monoisotopic (exact) mass is 275 g/mol. The van der Waals surface area contributed by atoms with E-state index in [1.807, 2.05) is 29.5 Å². The van der Waals surface area contributed by atoms with E-state index >= 15 is 0 Å². The van der Waals surface area contributed by atoms with Gasteiger partial charge >= 0.3 is 0 Å². The van der Waals surface area contributed by atoms with Crippen LogP contribution in [-0.2, 0) is 11.3 Å². The molecular formula is C14H21N5O. The van der Waals surface area contributed by atoms with Crippen molar-refractivity contribution in [3.8, 4) is 0 Å². The van der Waals surface area contributed by atoms with Crippen molar-refractivity contribution in [2.45, 2.75) is 32.0 Å². The van der Waals surface area contributed by atoms with Crippen molar-refractivity contribution in [2.24, 2.45) is 11.7 Å². The average Bonchev–Trinajstić information content (AvgIpc) is 3.19. The second-order valence-corrected chi connectivity index (χ2v) is 5.45. The SMILES string of the molecule is CC(Cn1cccn1)n1cncc1C(N)C1CCOC1. The van der Waals surface area contributed by atoms with Crippen LogP contribution in [0.1, 0.15) is 31.1 Å². The molecule has 0 spiro atoms. The van der Waals surface area contributed by atoms with Crippen molar-refractivity contribution < 1.29 is 4.74 Å². The smallest absolute Gasteiger partial charge is 0.0951 e. The maximum Gasteiger partial charge on any atom is 0.0951 e. The number of rotatable bonds is 5. The summed E-state index contributed by atoms with van der Waals surface area (Å²) in [6, 6.07) is 2.18. The first-order chi connectivity index (χ1) is 9.75. The molecule has 108 valence electrons. The van der Waals surface area contributed by atoms with Crippen molar-refractivity contribution in [1.29, 1.82) is 0 Å². The molecule has 0 amide bonds. The van der Waals surface area contributed by atoms with Gasteiger partial charge in [0, 0.05) is 31.1 Å². The number of hydrogen-bond acceptors (Lipinski definition) is 4. The number of imidazole rings is 1. The van der Waals surface area contributed by atoms with E-state index in [-0.39, 0.29) is 12.1 Å². The van der Waals surface area contributed by atoms with Crippen LogP contribution in [0.2, 0.25) is 0 Å². The van der Waals surface area contributed by atoms with E-state index in [4.69, 9.17) is 10.5 Å². The largest absolute Gasteiger partial charge is 0.381 e. The third kappa shape index (κ3) is 2.62. The number of nitrogens with zero attached hydrogens (tertiary/aromatic N) is 4. The van der Waals surface area contributed by atoms with Gasteiger partial charge in [-0.2, -0.15) is 5.10 Å². The molecule has 0 bridgehead atoms. The van der Waals surface area contributed by atoms with Crippen molar-refractivity contribution in [3.05, 3.63) is 36.7 Å². The minimum Gasteiger partial charge on any atom is -0.381 e. The summed E-state index contributed by atoms with van der Waals surface area (Å²) in [5.41, 5.74) is 7.48. The highest BCUT2D eigenvalue weighted by Gasteiger charge is 2.27. The molecule has 6 nitrogen and oxygen atoms in total. The summed E-state index contributed by atoms with van der Waals surface area (Å²) in [4.78, 5) is 4.28. The molecule has 6 heteroatoms. The summed E-state index contributed by atoms with van der Waals surface area (Å²) >= 11 is 0. The van der Waals surface area contributed by atoms with Gasteiger partial charge in [0.05, 0.1) is 37.3 Å². The quantitative estimate of drug-likeness (QED) is 0.895. The van der Waals surface area contributed by atoms with Gasteiger partial charge in [0.25, 0.3) is 0 Å². The van der Waals surface area contributed by atoms with Gasteiger partial charge in [-0.15, -0.1) is 0 Å². The molecule has 3 rings (SSSR count). The first-order valence-electron chi connectivity index (χ1n) is 7.08. The maximum atomic E-state index is 6.39. The highest BCUT2D eigenvalue weighted by molar-refractivity contribution is 5.08. The first-order valence-corrected chi connectivity index (χ1v) is 7.08. The van der Waals surface area contributed by atoms with E-state index in [1.54, 1.807) is 6.20 Å². The summed E-state index contributed by atoms with van der Waals surface area (Å²) in [6.45, 7) is 4.53.